The molecule has 0 fully saturated rings. The number of esters is 1. The molecule has 1 atom stereocenters. The molecule has 0 unspecified atom stereocenters. The van der Waals surface area contributed by atoms with Crippen LogP contribution in [0.25, 0.3) is 6.08 Å². The fourth-order valence-corrected chi connectivity index (χ4v) is 4.83. The highest BCUT2D eigenvalue weighted by atomic mass is 32.1. The second-order valence-corrected chi connectivity index (χ2v) is 8.89. The van der Waals surface area contributed by atoms with E-state index >= 15 is 0 Å². The van der Waals surface area contributed by atoms with Crippen LogP contribution in [-0.4, -0.2) is 36.3 Å². The first kappa shape index (κ1) is 22.5. The molecular formula is C25H25N3O4S. The van der Waals surface area contributed by atoms with Gasteiger partial charge in [-0.25, -0.2) is 9.79 Å². The minimum Gasteiger partial charge on any atom is -0.508 e. The topological polar surface area (TPSA) is 84.1 Å². The van der Waals surface area contributed by atoms with E-state index in [1.807, 2.05) is 43.3 Å². The number of phenolic OH excluding ortho intramolecular Hbond substituents is 1. The number of hydrogen-bond acceptors (Lipinski definition) is 7. The third kappa shape index (κ3) is 4.34. The first-order chi connectivity index (χ1) is 15.8. The van der Waals surface area contributed by atoms with Gasteiger partial charge in [0.25, 0.3) is 5.56 Å². The van der Waals surface area contributed by atoms with E-state index in [0.29, 0.717) is 20.6 Å². The van der Waals surface area contributed by atoms with Crippen LogP contribution in [0.5, 0.6) is 5.75 Å². The van der Waals surface area contributed by atoms with Crippen molar-refractivity contribution in [2.24, 2.45) is 4.99 Å². The van der Waals surface area contributed by atoms with E-state index in [0.717, 1.165) is 16.8 Å². The molecule has 1 N–H and O–H groups in total. The number of carbonyl (C=O) groups is 1. The predicted molar refractivity (Wildman–Crippen MR) is 129 cm³/mol. The molecule has 0 aliphatic carbocycles. The van der Waals surface area contributed by atoms with E-state index in [1.54, 1.807) is 48.8 Å². The lowest BCUT2D eigenvalue weighted by molar-refractivity contribution is -0.139. The number of nitrogens with zero attached hydrogens (tertiary/aromatic N) is 3. The number of allylic oxidation sites excluding steroid dienone is 1. The maximum Gasteiger partial charge on any atom is 0.338 e. The normalized spacial score (nSPS) is 15.8. The van der Waals surface area contributed by atoms with Crippen LogP contribution >= 0.6 is 11.3 Å². The van der Waals surface area contributed by atoms with Crippen molar-refractivity contribution in [3.8, 4) is 5.75 Å². The van der Waals surface area contributed by atoms with Crippen molar-refractivity contribution in [1.82, 2.24) is 4.57 Å². The number of thiazole rings is 1. The fourth-order valence-electron chi connectivity index (χ4n) is 3.78. The van der Waals surface area contributed by atoms with E-state index in [9.17, 15) is 14.7 Å². The highest BCUT2D eigenvalue weighted by Gasteiger charge is 2.33. The molecule has 4 rings (SSSR count). The highest BCUT2D eigenvalue weighted by Crippen LogP contribution is 2.31. The lowest BCUT2D eigenvalue weighted by atomic mass is 9.95. The van der Waals surface area contributed by atoms with Gasteiger partial charge in [-0.3, -0.25) is 9.36 Å². The molecule has 33 heavy (non-hydrogen) atoms. The number of anilines is 1. The van der Waals surface area contributed by atoms with Gasteiger partial charge in [0.15, 0.2) is 4.80 Å². The maximum atomic E-state index is 13.5. The number of aromatic hydroxyl groups is 1. The van der Waals surface area contributed by atoms with Gasteiger partial charge in [0.2, 0.25) is 0 Å². The number of benzene rings is 2. The molecule has 7 nitrogen and oxygen atoms in total. The van der Waals surface area contributed by atoms with Gasteiger partial charge in [-0.1, -0.05) is 35.6 Å². The van der Waals surface area contributed by atoms with E-state index in [4.69, 9.17) is 4.74 Å². The molecule has 0 saturated heterocycles. The first-order valence-electron chi connectivity index (χ1n) is 10.6. The molecule has 0 spiro atoms. The molecule has 1 aliphatic heterocycles. The number of fused-ring (bicyclic) bond motifs is 1. The number of rotatable bonds is 5. The van der Waals surface area contributed by atoms with E-state index < -0.39 is 12.0 Å². The predicted octanol–water partition coefficient (Wildman–Crippen LogP) is 2.57. The molecular weight excluding hydrogens is 438 g/mol. The van der Waals surface area contributed by atoms with Crippen LogP contribution in [0, 0.1) is 0 Å². The zero-order chi connectivity index (χ0) is 23.7. The molecule has 0 amide bonds. The third-order valence-electron chi connectivity index (χ3n) is 5.43. The second kappa shape index (κ2) is 9.07. The van der Waals surface area contributed by atoms with Crippen LogP contribution in [0.4, 0.5) is 5.69 Å². The summed E-state index contributed by atoms with van der Waals surface area (Å²) in [6, 6.07) is 13.7. The molecule has 2 aromatic carbocycles. The summed E-state index contributed by atoms with van der Waals surface area (Å²) < 4.78 is 7.39. The molecule has 1 aliphatic rings. The zero-order valence-electron chi connectivity index (χ0n) is 18.9. The van der Waals surface area contributed by atoms with Crippen molar-refractivity contribution in [2.75, 3.05) is 25.6 Å². The highest BCUT2D eigenvalue weighted by molar-refractivity contribution is 7.07. The minimum atomic E-state index is -0.640. The van der Waals surface area contributed by atoms with Crippen LogP contribution < -0.4 is 19.8 Å². The van der Waals surface area contributed by atoms with Gasteiger partial charge in [0.05, 0.1) is 28.5 Å². The summed E-state index contributed by atoms with van der Waals surface area (Å²) in [7, 11) is 3.91. The molecule has 1 aromatic heterocycles. The average Bonchev–Trinajstić information content (AvgIpc) is 3.09. The fraction of sp³-hybridized carbons (Fsp3) is 0.240. The summed E-state index contributed by atoms with van der Waals surface area (Å²) in [6.07, 6.45) is 1.76. The van der Waals surface area contributed by atoms with Crippen LogP contribution in [0.1, 0.15) is 31.0 Å². The standard InChI is InChI=1S/C25H25N3O4S/c1-5-32-24(31)21-15(2)26-25-28(22(21)17-8-10-18(11-9-17)27(3)4)23(30)20(33-25)14-16-6-12-19(29)13-7-16/h6-14,22,29H,5H2,1-4H3/b20-14-/t22-/m0/s1. The van der Waals surface area contributed by atoms with Gasteiger partial charge < -0.3 is 14.7 Å². The van der Waals surface area contributed by atoms with Gasteiger partial charge in [-0.15, -0.1) is 0 Å². The Labute approximate surface area is 195 Å². The van der Waals surface area contributed by atoms with Gasteiger partial charge in [0, 0.05) is 19.8 Å². The Hall–Kier alpha value is -3.65. The first-order valence-corrected chi connectivity index (χ1v) is 11.4. The molecule has 0 saturated carbocycles. The number of hydrogen-bond donors (Lipinski definition) is 1. The number of ether oxygens (including phenoxy) is 1. The Morgan fingerprint density at radius 2 is 1.85 bits per heavy atom. The third-order valence-corrected chi connectivity index (χ3v) is 6.42. The lowest BCUT2D eigenvalue weighted by Gasteiger charge is -2.25. The van der Waals surface area contributed by atoms with Gasteiger partial charge in [-0.2, -0.15) is 0 Å². The zero-order valence-corrected chi connectivity index (χ0v) is 19.7. The van der Waals surface area contributed by atoms with Crippen molar-refractivity contribution < 1.29 is 14.6 Å². The van der Waals surface area contributed by atoms with E-state index in [-0.39, 0.29) is 17.9 Å². The molecule has 8 heteroatoms. The molecule has 2 heterocycles. The summed E-state index contributed by atoms with van der Waals surface area (Å²) in [4.78, 5) is 33.5. The Morgan fingerprint density at radius 1 is 1.18 bits per heavy atom. The SMILES string of the molecule is CCOC(=O)C1=C(C)N=c2s/c(=C\c3ccc(O)cc3)c(=O)n2[C@H]1c1ccc(N(C)C)cc1. The molecule has 0 bridgehead atoms. The smallest absolute Gasteiger partial charge is 0.338 e. The van der Waals surface area contributed by atoms with Crippen LogP contribution in [-0.2, 0) is 9.53 Å². The maximum absolute atomic E-state index is 13.5. The Morgan fingerprint density at radius 3 is 2.45 bits per heavy atom. The van der Waals surface area contributed by atoms with E-state index in [2.05, 4.69) is 4.99 Å². The van der Waals surface area contributed by atoms with Crippen molar-refractivity contribution in [3.05, 3.63) is 90.6 Å². The average molecular weight is 464 g/mol. The van der Waals surface area contributed by atoms with Crippen molar-refractivity contribution in [1.29, 1.82) is 0 Å². The molecule has 0 radical (unpaired) electrons. The Bertz CT molecular complexity index is 1400. The summed E-state index contributed by atoms with van der Waals surface area (Å²) in [5.74, 6) is -0.322. The molecule has 3 aromatic rings. The van der Waals surface area contributed by atoms with Crippen LogP contribution in [0.2, 0.25) is 0 Å². The number of aromatic nitrogens is 1. The van der Waals surface area contributed by atoms with Gasteiger partial charge >= 0.3 is 5.97 Å². The number of phenols is 1. The number of carbonyl (C=O) groups excluding carboxylic acids is 1. The van der Waals surface area contributed by atoms with Gasteiger partial charge in [0.1, 0.15) is 5.75 Å². The monoisotopic (exact) mass is 463 g/mol. The van der Waals surface area contributed by atoms with E-state index in [1.165, 1.54) is 11.3 Å². The quantitative estimate of drug-likeness (QED) is 0.588. The summed E-state index contributed by atoms with van der Waals surface area (Å²) in [5, 5.41) is 9.53. The summed E-state index contributed by atoms with van der Waals surface area (Å²) in [6.45, 7) is 3.75. The van der Waals surface area contributed by atoms with Crippen LogP contribution in [0.15, 0.2) is 69.6 Å². The van der Waals surface area contributed by atoms with Crippen molar-refractivity contribution in [3.63, 3.8) is 0 Å². The van der Waals surface area contributed by atoms with Crippen molar-refractivity contribution >= 4 is 29.1 Å². The Kier molecular flexibility index (Phi) is 6.20. The van der Waals surface area contributed by atoms with Crippen LogP contribution in [0.3, 0.4) is 0 Å². The van der Waals surface area contributed by atoms with Crippen molar-refractivity contribution in [2.45, 2.75) is 19.9 Å². The summed E-state index contributed by atoms with van der Waals surface area (Å²) in [5.41, 5.74) is 3.26. The second-order valence-electron chi connectivity index (χ2n) is 7.88. The minimum absolute atomic E-state index is 0.157. The largest absolute Gasteiger partial charge is 0.508 e. The summed E-state index contributed by atoms with van der Waals surface area (Å²) >= 11 is 1.27. The lowest BCUT2D eigenvalue weighted by Crippen LogP contribution is -2.39. The Balaban J connectivity index is 1.92. The molecule has 170 valence electrons. The van der Waals surface area contributed by atoms with Gasteiger partial charge in [-0.05, 0) is 55.3 Å².